The number of halogens is 4. The number of nitrogens with two attached hydrogens (primary N) is 1. The van der Waals surface area contributed by atoms with Crippen molar-refractivity contribution < 1.29 is 37.0 Å². The van der Waals surface area contributed by atoms with Crippen LogP contribution in [0.1, 0.15) is 40.2 Å². The number of rotatable bonds is 10. The zero-order valence-electron chi connectivity index (χ0n) is 22.8. The van der Waals surface area contributed by atoms with Crippen LogP contribution in [0, 0.1) is 0 Å². The SMILES string of the molecule is CNC(=O)COc1ccc(CN)cc1C1CCN(C(=O)c2cn(CCOC)c3c(OC(F)(F)F)cccc23)CC1.Cl. The molecule has 0 atom stereocenters. The zero-order valence-corrected chi connectivity index (χ0v) is 23.6. The van der Waals surface area contributed by atoms with E-state index in [4.69, 9.17) is 15.2 Å². The molecule has 1 fully saturated rings. The third-order valence-electron chi connectivity index (χ3n) is 7.02. The Morgan fingerprint density at radius 3 is 2.49 bits per heavy atom. The number of alkyl halides is 3. The van der Waals surface area contributed by atoms with E-state index in [2.05, 4.69) is 10.1 Å². The highest BCUT2D eigenvalue weighted by molar-refractivity contribution is 6.08. The van der Waals surface area contributed by atoms with E-state index < -0.39 is 6.36 Å². The number of likely N-dealkylation sites (tertiary alicyclic amines) is 1. The molecule has 3 N–H and O–H groups in total. The number of piperidine rings is 1. The third-order valence-corrected chi connectivity index (χ3v) is 7.02. The third kappa shape index (κ3) is 7.63. The quantitative estimate of drug-likeness (QED) is 0.362. The Bertz CT molecular complexity index is 1360. The molecule has 0 radical (unpaired) electrons. The van der Waals surface area contributed by atoms with Crippen molar-refractivity contribution in [3.05, 3.63) is 59.3 Å². The molecule has 1 aromatic heterocycles. The summed E-state index contributed by atoms with van der Waals surface area (Å²) in [5.41, 5.74) is 8.21. The topological polar surface area (TPSA) is 108 Å². The molecule has 2 amide bonds. The molecular formula is C28H34ClF3N4O5. The van der Waals surface area contributed by atoms with Gasteiger partial charge in [-0.25, -0.2) is 0 Å². The van der Waals surface area contributed by atoms with Crippen LogP contribution >= 0.6 is 12.4 Å². The Labute approximate surface area is 242 Å². The summed E-state index contributed by atoms with van der Waals surface area (Å²) in [5.74, 6) is -0.213. The number of para-hydroxylation sites is 1. The number of hydrogen-bond acceptors (Lipinski definition) is 6. The van der Waals surface area contributed by atoms with Crippen LogP contribution in [0.5, 0.6) is 11.5 Å². The molecule has 2 heterocycles. The minimum atomic E-state index is -4.87. The smallest absolute Gasteiger partial charge is 0.483 e. The molecule has 41 heavy (non-hydrogen) atoms. The van der Waals surface area contributed by atoms with Crippen LogP contribution in [-0.4, -0.2) is 68.1 Å². The number of benzene rings is 2. The number of nitrogens with one attached hydrogen (secondary N) is 1. The Kier molecular flexibility index (Phi) is 10.9. The van der Waals surface area contributed by atoms with Crippen LogP contribution in [0.3, 0.4) is 0 Å². The van der Waals surface area contributed by atoms with Crippen molar-refractivity contribution in [2.24, 2.45) is 5.73 Å². The van der Waals surface area contributed by atoms with Crippen molar-refractivity contribution in [3.63, 3.8) is 0 Å². The number of likely N-dealkylation sites (N-methyl/N-ethyl adjacent to an activating group) is 1. The molecule has 13 heteroatoms. The number of nitrogens with zero attached hydrogens (tertiary/aromatic N) is 2. The fraction of sp³-hybridized carbons (Fsp3) is 0.429. The molecule has 0 unspecified atom stereocenters. The summed E-state index contributed by atoms with van der Waals surface area (Å²) in [6, 6.07) is 9.95. The first-order chi connectivity index (χ1) is 19.1. The molecule has 1 saturated heterocycles. The molecular weight excluding hydrogens is 565 g/mol. The van der Waals surface area contributed by atoms with Gasteiger partial charge in [0.05, 0.1) is 17.7 Å². The van der Waals surface area contributed by atoms with Crippen LogP contribution in [0.25, 0.3) is 10.9 Å². The lowest BCUT2D eigenvalue weighted by Crippen LogP contribution is -2.38. The average Bonchev–Trinajstić information content (AvgIpc) is 3.33. The second kappa shape index (κ2) is 13.9. The first-order valence-electron chi connectivity index (χ1n) is 13.0. The lowest BCUT2D eigenvalue weighted by molar-refractivity contribution is -0.274. The molecule has 1 aliphatic heterocycles. The van der Waals surface area contributed by atoms with E-state index in [0.717, 1.165) is 11.1 Å². The predicted molar refractivity (Wildman–Crippen MR) is 150 cm³/mol. The van der Waals surface area contributed by atoms with Gasteiger partial charge in [0.25, 0.3) is 11.8 Å². The maximum atomic E-state index is 13.7. The lowest BCUT2D eigenvalue weighted by atomic mass is 9.87. The zero-order chi connectivity index (χ0) is 28.9. The lowest BCUT2D eigenvalue weighted by Gasteiger charge is -2.33. The van der Waals surface area contributed by atoms with Crippen molar-refractivity contribution in [3.8, 4) is 11.5 Å². The molecule has 224 valence electrons. The number of fused-ring (bicyclic) bond motifs is 1. The van der Waals surface area contributed by atoms with Crippen molar-refractivity contribution >= 4 is 35.1 Å². The molecule has 0 saturated carbocycles. The normalized spacial score (nSPS) is 14.0. The predicted octanol–water partition coefficient (Wildman–Crippen LogP) is 4.21. The van der Waals surface area contributed by atoms with Gasteiger partial charge in [0.15, 0.2) is 12.4 Å². The Morgan fingerprint density at radius 2 is 1.85 bits per heavy atom. The van der Waals surface area contributed by atoms with Crippen molar-refractivity contribution in [1.82, 2.24) is 14.8 Å². The number of ether oxygens (including phenoxy) is 3. The van der Waals surface area contributed by atoms with Crippen molar-refractivity contribution in [1.29, 1.82) is 0 Å². The number of amides is 2. The Morgan fingerprint density at radius 1 is 1.12 bits per heavy atom. The monoisotopic (exact) mass is 598 g/mol. The van der Waals surface area contributed by atoms with Gasteiger partial charge in [-0.05, 0) is 42.0 Å². The van der Waals surface area contributed by atoms with Gasteiger partial charge >= 0.3 is 6.36 Å². The maximum Gasteiger partial charge on any atom is 0.573 e. The second-order valence-corrected chi connectivity index (χ2v) is 9.53. The molecule has 4 rings (SSSR count). The van der Waals surface area contributed by atoms with Crippen molar-refractivity contribution in [2.75, 3.05) is 40.5 Å². The van der Waals surface area contributed by atoms with Crippen LogP contribution in [0.4, 0.5) is 13.2 Å². The Balaban J connectivity index is 0.00000462. The van der Waals surface area contributed by atoms with E-state index in [-0.39, 0.29) is 61.2 Å². The van der Waals surface area contributed by atoms with Gasteiger partial charge in [-0.3, -0.25) is 9.59 Å². The van der Waals surface area contributed by atoms with Gasteiger partial charge in [-0.2, -0.15) is 0 Å². The number of hydrogen-bond donors (Lipinski definition) is 2. The van der Waals surface area contributed by atoms with E-state index in [1.54, 1.807) is 21.7 Å². The number of carbonyl (C=O) groups is 2. The fourth-order valence-corrected chi connectivity index (χ4v) is 5.02. The van der Waals surface area contributed by atoms with E-state index in [0.29, 0.717) is 49.2 Å². The molecule has 0 bridgehead atoms. The summed E-state index contributed by atoms with van der Waals surface area (Å²) in [7, 11) is 3.03. The summed E-state index contributed by atoms with van der Waals surface area (Å²) >= 11 is 0. The maximum absolute atomic E-state index is 13.7. The van der Waals surface area contributed by atoms with Crippen LogP contribution in [0.2, 0.25) is 0 Å². The van der Waals surface area contributed by atoms with Gasteiger partial charge in [0.1, 0.15) is 5.75 Å². The molecule has 3 aromatic rings. The summed E-state index contributed by atoms with van der Waals surface area (Å²) in [6.45, 7) is 1.61. The summed E-state index contributed by atoms with van der Waals surface area (Å²) in [4.78, 5) is 27.1. The second-order valence-electron chi connectivity index (χ2n) is 9.53. The minimum absolute atomic E-state index is 0. The first kappa shape index (κ1) is 32.0. The first-order valence-corrected chi connectivity index (χ1v) is 13.0. The highest BCUT2D eigenvalue weighted by Crippen LogP contribution is 2.37. The van der Waals surface area contributed by atoms with E-state index >= 15 is 0 Å². The average molecular weight is 599 g/mol. The van der Waals surface area contributed by atoms with Gasteiger partial charge in [-0.15, -0.1) is 25.6 Å². The van der Waals surface area contributed by atoms with Gasteiger partial charge < -0.3 is 34.7 Å². The fourth-order valence-electron chi connectivity index (χ4n) is 5.02. The molecule has 1 aliphatic rings. The minimum Gasteiger partial charge on any atom is -0.483 e. The van der Waals surface area contributed by atoms with Crippen LogP contribution in [0.15, 0.2) is 42.6 Å². The molecule has 2 aromatic carbocycles. The van der Waals surface area contributed by atoms with Gasteiger partial charge in [-0.1, -0.05) is 24.3 Å². The highest BCUT2D eigenvalue weighted by atomic mass is 35.5. The largest absolute Gasteiger partial charge is 0.573 e. The Hall–Kier alpha value is -3.48. The highest BCUT2D eigenvalue weighted by Gasteiger charge is 2.34. The van der Waals surface area contributed by atoms with E-state index in [1.807, 2.05) is 18.2 Å². The number of aromatic nitrogens is 1. The standard InChI is InChI=1S/C28H33F3N4O5.ClH/c1-33-25(36)17-39-23-7-6-18(15-32)14-21(23)19-8-10-34(11-9-19)27(37)22-16-35(12-13-38-2)26-20(22)4-3-5-24(26)40-28(29,30)31;/h3-7,14,16,19H,8-13,15,17,32H2,1-2H3,(H,33,36);1H. The summed E-state index contributed by atoms with van der Waals surface area (Å²) in [6.07, 6.45) is -2.03. The molecule has 9 nitrogen and oxygen atoms in total. The number of methoxy groups -OCH3 is 1. The van der Waals surface area contributed by atoms with Crippen LogP contribution < -0.4 is 20.5 Å². The van der Waals surface area contributed by atoms with Crippen LogP contribution in [-0.2, 0) is 22.6 Å². The van der Waals surface area contributed by atoms with Gasteiger partial charge in [0.2, 0.25) is 0 Å². The molecule has 0 aliphatic carbocycles. The molecule has 0 spiro atoms. The summed E-state index contributed by atoms with van der Waals surface area (Å²) < 4.78 is 56.0. The van der Waals surface area contributed by atoms with E-state index in [9.17, 15) is 22.8 Å². The van der Waals surface area contributed by atoms with Gasteiger partial charge in [0, 0.05) is 51.9 Å². The van der Waals surface area contributed by atoms with E-state index in [1.165, 1.54) is 26.3 Å². The van der Waals surface area contributed by atoms with Crippen molar-refractivity contribution in [2.45, 2.75) is 38.2 Å². The number of carbonyl (C=O) groups excluding carboxylic acids is 2. The summed E-state index contributed by atoms with van der Waals surface area (Å²) in [5, 5.41) is 2.91.